The van der Waals surface area contributed by atoms with Gasteiger partial charge in [0.15, 0.2) is 0 Å². The summed E-state index contributed by atoms with van der Waals surface area (Å²) in [4.78, 5) is 12.9. The fraction of sp³-hybridized carbons (Fsp3) is 0.235. The molecule has 106 valence electrons. The molecule has 4 heteroatoms. The lowest BCUT2D eigenvalue weighted by molar-refractivity contribution is 0.415. The summed E-state index contributed by atoms with van der Waals surface area (Å²) in [6.45, 7) is 0. The van der Waals surface area contributed by atoms with E-state index in [9.17, 15) is 4.79 Å². The van der Waals surface area contributed by atoms with Crippen LogP contribution in [0.15, 0.2) is 33.5 Å². The maximum Gasteiger partial charge on any atom is 0.200 e. The highest BCUT2D eigenvalue weighted by Crippen LogP contribution is 2.34. The first-order valence-electron chi connectivity index (χ1n) is 7.04. The topological polar surface area (TPSA) is 65.5 Å². The van der Waals surface area contributed by atoms with Crippen LogP contribution in [0.4, 0.5) is 5.69 Å². The van der Waals surface area contributed by atoms with Crippen molar-refractivity contribution in [3.05, 3.63) is 45.6 Å². The molecule has 1 aromatic heterocycles. The first-order chi connectivity index (χ1) is 10.2. The fourth-order valence-electron chi connectivity index (χ4n) is 3.27. The molecular weight excluding hydrogens is 266 g/mol. The van der Waals surface area contributed by atoms with E-state index in [0.717, 1.165) is 36.1 Å². The zero-order valence-electron chi connectivity index (χ0n) is 11.7. The molecule has 0 bridgehead atoms. The first-order valence-corrected chi connectivity index (χ1v) is 7.04. The van der Waals surface area contributed by atoms with Crippen LogP contribution in [0.3, 0.4) is 0 Å². The molecule has 4 nitrogen and oxygen atoms in total. The average Bonchev–Trinajstić information content (AvgIpc) is 2.97. The van der Waals surface area contributed by atoms with E-state index in [1.807, 2.05) is 0 Å². The molecule has 4 rings (SSSR count). The molecule has 0 fully saturated rings. The Hall–Kier alpha value is -2.49. The second-order valence-corrected chi connectivity index (χ2v) is 5.44. The first kappa shape index (κ1) is 12.3. The van der Waals surface area contributed by atoms with Gasteiger partial charge < -0.3 is 14.9 Å². The molecule has 1 aliphatic rings. The number of nitrogens with two attached hydrogens (primary N) is 1. The number of rotatable bonds is 1. The molecule has 0 atom stereocenters. The summed E-state index contributed by atoms with van der Waals surface area (Å²) in [5.41, 5.74) is 10.1. The van der Waals surface area contributed by atoms with Gasteiger partial charge in [-0.05, 0) is 48.6 Å². The third kappa shape index (κ3) is 1.65. The number of hydrogen-bond donors (Lipinski definition) is 1. The molecule has 3 aromatic rings. The smallest absolute Gasteiger partial charge is 0.200 e. The number of fused-ring (bicyclic) bond motifs is 4. The van der Waals surface area contributed by atoms with Crippen molar-refractivity contribution in [2.24, 2.45) is 0 Å². The molecule has 2 aromatic carbocycles. The Bertz CT molecular complexity index is 940. The number of nitrogen functional groups attached to an aromatic ring is 1. The maximum atomic E-state index is 12.9. The van der Waals surface area contributed by atoms with Crippen molar-refractivity contribution in [2.45, 2.75) is 19.3 Å². The monoisotopic (exact) mass is 281 g/mol. The average molecular weight is 281 g/mol. The Morgan fingerprint density at radius 2 is 1.95 bits per heavy atom. The number of aryl methyl sites for hydroxylation is 1. The Kier molecular flexibility index (Phi) is 2.48. The van der Waals surface area contributed by atoms with Gasteiger partial charge in [-0.1, -0.05) is 0 Å². The van der Waals surface area contributed by atoms with Crippen LogP contribution in [0, 0.1) is 0 Å². The summed E-state index contributed by atoms with van der Waals surface area (Å²) < 4.78 is 11.1. The lowest BCUT2D eigenvalue weighted by atomic mass is 10.0. The Morgan fingerprint density at radius 3 is 2.76 bits per heavy atom. The lowest BCUT2D eigenvalue weighted by Crippen LogP contribution is -2.07. The number of methoxy groups -OCH3 is 1. The molecule has 0 aliphatic heterocycles. The Morgan fingerprint density at radius 1 is 1.14 bits per heavy atom. The molecule has 0 saturated heterocycles. The van der Waals surface area contributed by atoms with Gasteiger partial charge in [-0.25, -0.2) is 0 Å². The molecule has 0 amide bonds. The van der Waals surface area contributed by atoms with Crippen molar-refractivity contribution in [1.29, 1.82) is 0 Å². The van der Waals surface area contributed by atoms with E-state index >= 15 is 0 Å². The summed E-state index contributed by atoms with van der Waals surface area (Å²) in [6.07, 6.45) is 2.86. The Balaban J connectivity index is 2.20. The van der Waals surface area contributed by atoms with E-state index < -0.39 is 0 Å². The quantitative estimate of drug-likeness (QED) is 0.550. The second-order valence-electron chi connectivity index (χ2n) is 5.44. The normalized spacial score (nSPS) is 13.8. The lowest BCUT2D eigenvalue weighted by Gasteiger charge is -2.09. The van der Waals surface area contributed by atoms with Crippen LogP contribution in [-0.2, 0) is 12.8 Å². The highest BCUT2D eigenvalue weighted by atomic mass is 16.5. The van der Waals surface area contributed by atoms with Crippen LogP contribution in [0.2, 0.25) is 0 Å². The predicted molar refractivity (Wildman–Crippen MR) is 83.0 cm³/mol. The zero-order valence-corrected chi connectivity index (χ0v) is 11.7. The van der Waals surface area contributed by atoms with Gasteiger partial charge in [-0.15, -0.1) is 0 Å². The van der Waals surface area contributed by atoms with E-state index in [2.05, 4.69) is 0 Å². The van der Waals surface area contributed by atoms with E-state index in [-0.39, 0.29) is 5.43 Å². The van der Waals surface area contributed by atoms with Crippen LogP contribution in [0.1, 0.15) is 17.5 Å². The van der Waals surface area contributed by atoms with Gasteiger partial charge in [0.1, 0.15) is 16.9 Å². The molecule has 1 aliphatic carbocycles. The molecule has 0 radical (unpaired) electrons. The summed E-state index contributed by atoms with van der Waals surface area (Å²) in [7, 11) is 1.59. The largest absolute Gasteiger partial charge is 0.497 e. The van der Waals surface area contributed by atoms with E-state index in [1.54, 1.807) is 31.4 Å². The van der Waals surface area contributed by atoms with Gasteiger partial charge in [-0.2, -0.15) is 0 Å². The summed E-state index contributed by atoms with van der Waals surface area (Å²) in [5.74, 6) is 0.654. The fourth-order valence-corrected chi connectivity index (χ4v) is 3.27. The zero-order chi connectivity index (χ0) is 14.6. The standard InChI is InChI=1S/C17H15NO3/c1-20-9-5-6-14-12(7-9)17(19)16-11-4-2-3-10(11)13(18)8-15(16)21-14/h5-8H,2-4,18H2,1H3. The minimum Gasteiger partial charge on any atom is -0.497 e. The maximum absolute atomic E-state index is 12.9. The minimum absolute atomic E-state index is 0.00306. The molecule has 21 heavy (non-hydrogen) atoms. The molecular formula is C17H15NO3. The van der Waals surface area contributed by atoms with Crippen molar-refractivity contribution in [3.63, 3.8) is 0 Å². The van der Waals surface area contributed by atoms with Gasteiger partial charge in [0.2, 0.25) is 5.43 Å². The highest BCUT2D eigenvalue weighted by Gasteiger charge is 2.21. The number of hydrogen-bond acceptors (Lipinski definition) is 4. The van der Waals surface area contributed by atoms with E-state index in [1.165, 1.54) is 0 Å². The van der Waals surface area contributed by atoms with Gasteiger partial charge in [0.25, 0.3) is 0 Å². The summed E-state index contributed by atoms with van der Waals surface area (Å²) in [5, 5.41) is 1.23. The molecule has 0 saturated carbocycles. The number of ether oxygens (including phenoxy) is 1. The second kappa shape index (κ2) is 4.25. The number of anilines is 1. The van der Waals surface area contributed by atoms with Crippen molar-refractivity contribution in [3.8, 4) is 5.75 Å². The van der Waals surface area contributed by atoms with Gasteiger partial charge in [0.05, 0.1) is 17.9 Å². The SMILES string of the molecule is COc1ccc2oc3cc(N)c4c(c3c(=O)c2c1)CCC4. The van der Waals surface area contributed by atoms with E-state index in [4.69, 9.17) is 14.9 Å². The summed E-state index contributed by atoms with van der Waals surface area (Å²) >= 11 is 0. The molecule has 0 spiro atoms. The van der Waals surface area contributed by atoms with Gasteiger partial charge in [0, 0.05) is 11.8 Å². The summed E-state index contributed by atoms with van der Waals surface area (Å²) in [6, 6.07) is 7.06. The van der Waals surface area contributed by atoms with Gasteiger partial charge >= 0.3 is 0 Å². The highest BCUT2D eigenvalue weighted by molar-refractivity contribution is 5.94. The third-order valence-corrected chi connectivity index (χ3v) is 4.28. The molecule has 2 N–H and O–H groups in total. The number of benzene rings is 2. The molecule has 0 unspecified atom stereocenters. The van der Waals surface area contributed by atoms with Crippen molar-refractivity contribution in [2.75, 3.05) is 12.8 Å². The molecule has 1 heterocycles. The van der Waals surface area contributed by atoms with Crippen LogP contribution < -0.4 is 15.9 Å². The predicted octanol–water partition coefficient (Wildman–Crippen LogP) is 3.03. The Labute approximate surface area is 121 Å². The van der Waals surface area contributed by atoms with E-state index in [0.29, 0.717) is 27.7 Å². The third-order valence-electron chi connectivity index (χ3n) is 4.28. The van der Waals surface area contributed by atoms with Crippen molar-refractivity contribution >= 4 is 27.6 Å². The van der Waals surface area contributed by atoms with Crippen LogP contribution in [0.25, 0.3) is 21.9 Å². The van der Waals surface area contributed by atoms with Crippen LogP contribution in [-0.4, -0.2) is 7.11 Å². The van der Waals surface area contributed by atoms with Crippen LogP contribution in [0.5, 0.6) is 5.75 Å². The van der Waals surface area contributed by atoms with Crippen molar-refractivity contribution in [1.82, 2.24) is 0 Å². The van der Waals surface area contributed by atoms with Gasteiger partial charge in [-0.3, -0.25) is 4.79 Å². The minimum atomic E-state index is 0.00306. The van der Waals surface area contributed by atoms with Crippen LogP contribution >= 0.6 is 0 Å². The van der Waals surface area contributed by atoms with Crippen molar-refractivity contribution < 1.29 is 9.15 Å².